The molecule has 0 saturated heterocycles. The standard InChI is InChI=1S/C13H12N2OS/c16-13(12-7-4-10-17-12)15-14-9-8-11-5-2-1-3-6-11/h1-7,9-10H,8H2,(H,15,16). The average molecular weight is 244 g/mol. The number of carbonyl (C=O) groups is 1. The van der Waals surface area contributed by atoms with Crippen molar-refractivity contribution in [1.29, 1.82) is 0 Å². The molecule has 1 amide bonds. The molecule has 1 N–H and O–H groups in total. The van der Waals surface area contributed by atoms with Crippen LogP contribution in [0.2, 0.25) is 0 Å². The van der Waals surface area contributed by atoms with E-state index in [1.807, 2.05) is 41.8 Å². The van der Waals surface area contributed by atoms with Crippen molar-refractivity contribution in [3.8, 4) is 0 Å². The van der Waals surface area contributed by atoms with Crippen molar-refractivity contribution in [2.45, 2.75) is 6.42 Å². The molecule has 0 fully saturated rings. The third kappa shape index (κ3) is 3.53. The molecule has 0 atom stereocenters. The molecule has 0 radical (unpaired) electrons. The Labute approximate surface area is 104 Å². The Morgan fingerprint density at radius 1 is 1.24 bits per heavy atom. The van der Waals surface area contributed by atoms with Crippen LogP contribution in [-0.4, -0.2) is 12.1 Å². The Bertz CT molecular complexity index is 491. The topological polar surface area (TPSA) is 41.5 Å². The van der Waals surface area contributed by atoms with Gasteiger partial charge in [-0.05, 0) is 17.0 Å². The molecule has 1 heterocycles. The first-order valence-corrected chi connectivity index (χ1v) is 6.13. The average Bonchev–Trinajstić information content (AvgIpc) is 2.89. The monoisotopic (exact) mass is 244 g/mol. The van der Waals surface area contributed by atoms with E-state index >= 15 is 0 Å². The van der Waals surface area contributed by atoms with E-state index in [9.17, 15) is 4.79 Å². The molecule has 1 aromatic carbocycles. The van der Waals surface area contributed by atoms with Crippen molar-refractivity contribution in [2.75, 3.05) is 0 Å². The van der Waals surface area contributed by atoms with Gasteiger partial charge in [0, 0.05) is 12.6 Å². The first kappa shape index (κ1) is 11.5. The van der Waals surface area contributed by atoms with Crippen LogP contribution in [0.1, 0.15) is 15.2 Å². The van der Waals surface area contributed by atoms with Gasteiger partial charge >= 0.3 is 0 Å². The highest BCUT2D eigenvalue weighted by Crippen LogP contribution is 2.07. The molecule has 2 rings (SSSR count). The van der Waals surface area contributed by atoms with Crippen molar-refractivity contribution in [3.05, 3.63) is 58.3 Å². The lowest BCUT2D eigenvalue weighted by Gasteiger charge is -1.96. The van der Waals surface area contributed by atoms with Crippen molar-refractivity contribution < 1.29 is 4.79 Å². The highest BCUT2D eigenvalue weighted by atomic mass is 32.1. The molecule has 4 heteroatoms. The zero-order valence-electron chi connectivity index (χ0n) is 9.17. The number of nitrogens with one attached hydrogen (secondary N) is 1. The maximum atomic E-state index is 11.5. The highest BCUT2D eigenvalue weighted by molar-refractivity contribution is 7.12. The van der Waals surface area contributed by atoms with E-state index in [0.29, 0.717) is 11.3 Å². The molecule has 17 heavy (non-hydrogen) atoms. The summed E-state index contributed by atoms with van der Waals surface area (Å²) >= 11 is 1.40. The lowest BCUT2D eigenvalue weighted by atomic mass is 10.2. The number of benzene rings is 1. The lowest BCUT2D eigenvalue weighted by molar-refractivity contribution is 0.0959. The van der Waals surface area contributed by atoms with E-state index in [0.717, 1.165) is 0 Å². The van der Waals surface area contributed by atoms with Gasteiger partial charge in [-0.25, -0.2) is 5.43 Å². The Balaban J connectivity index is 1.81. The lowest BCUT2D eigenvalue weighted by Crippen LogP contribution is -2.16. The predicted octanol–water partition coefficient (Wildman–Crippen LogP) is 2.71. The van der Waals surface area contributed by atoms with Crippen molar-refractivity contribution in [1.82, 2.24) is 5.43 Å². The van der Waals surface area contributed by atoms with Gasteiger partial charge in [-0.1, -0.05) is 36.4 Å². The number of hydrogen-bond donors (Lipinski definition) is 1. The zero-order chi connectivity index (χ0) is 11.9. The molecule has 0 bridgehead atoms. The number of carbonyl (C=O) groups excluding carboxylic acids is 1. The number of hydrogen-bond acceptors (Lipinski definition) is 3. The molecule has 0 aliphatic rings. The Morgan fingerprint density at radius 3 is 2.76 bits per heavy atom. The molecule has 0 spiro atoms. The summed E-state index contributed by atoms with van der Waals surface area (Å²) in [7, 11) is 0. The first-order valence-electron chi connectivity index (χ1n) is 5.25. The van der Waals surface area contributed by atoms with Gasteiger partial charge in [0.05, 0.1) is 4.88 Å². The summed E-state index contributed by atoms with van der Waals surface area (Å²) in [5.74, 6) is -0.163. The maximum absolute atomic E-state index is 11.5. The van der Waals surface area contributed by atoms with E-state index in [1.165, 1.54) is 16.9 Å². The third-order valence-electron chi connectivity index (χ3n) is 2.17. The van der Waals surface area contributed by atoms with E-state index < -0.39 is 0 Å². The number of rotatable bonds is 4. The summed E-state index contributed by atoms with van der Waals surface area (Å²) in [4.78, 5) is 12.2. The molecule has 2 aromatic rings. The van der Waals surface area contributed by atoms with Crippen LogP contribution in [0.15, 0.2) is 52.9 Å². The van der Waals surface area contributed by atoms with Crippen LogP contribution >= 0.6 is 11.3 Å². The first-order chi connectivity index (χ1) is 8.36. The molecule has 86 valence electrons. The molecule has 3 nitrogen and oxygen atoms in total. The molecule has 0 unspecified atom stereocenters. The number of amides is 1. The third-order valence-corrected chi connectivity index (χ3v) is 3.04. The zero-order valence-corrected chi connectivity index (χ0v) is 9.98. The minimum Gasteiger partial charge on any atom is -0.266 e. The van der Waals surface area contributed by atoms with Crippen LogP contribution in [0.25, 0.3) is 0 Å². The smallest absolute Gasteiger partial charge is 0.266 e. The van der Waals surface area contributed by atoms with Crippen molar-refractivity contribution in [2.24, 2.45) is 5.10 Å². The van der Waals surface area contributed by atoms with Crippen LogP contribution < -0.4 is 5.43 Å². The molecular formula is C13H12N2OS. The van der Waals surface area contributed by atoms with Crippen LogP contribution in [-0.2, 0) is 6.42 Å². The fourth-order valence-corrected chi connectivity index (χ4v) is 1.95. The van der Waals surface area contributed by atoms with Gasteiger partial charge in [0.15, 0.2) is 0 Å². The maximum Gasteiger partial charge on any atom is 0.281 e. The van der Waals surface area contributed by atoms with Gasteiger partial charge in [0.1, 0.15) is 0 Å². The molecule has 0 aliphatic heterocycles. The minimum atomic E-state index is -0.163. The second-order valence-corrected chi connectivity index (χ2v) is 4.37. The molecule has 0 aliphatic carbocycles. The normalized spacial score (nSPS) is 10.6. The Hall–Kier alpha value is -1.94. The molecular weight excluding hydrogens is 232 g/mol. The largest absolute Gasteiger partial charge is 0.281 e. The SMILES string of the molecule is O=C(NN=CCc1ccccc1)c1cccs1. The predicted molar refractivity (Wildman–Crippen MR) is 70.4 cm³/mol. The summed E-state index contributed by atoms with van der Waals surface area (Å²) < 4.78 is 0. The fourth-order valence-electron chi connectivity index (χ4n) is 1.33. The van der Waals surface area contributed by atoms with Crippen molar-refractivity contribution in [3.63, 3.8) is 0 Å². The van der Waals surface area contributed by atoms with E-state index in [4.69, 9.17) is 0 Å². The van der Waals surface area contributed by atoms with Crippen molar-refractivity contribution >= 4 is 23.5 Å². The van der Waals surface area contributed by atoms with Gasteiger partial charge in [0.25, 0.3) is 5.91 Å². The quantitative estimate of drug-likeness (QED) is 0.652. The van der Waals surface area contributed by atoms with Crippen LogP contribution in [0.3, 0.4) is 0 Å². The van der Waals surface area contributed by atoms with Gasteiger partial charge in [0.2, 0.25) is 0 Å². The Kier molecular flexibility index (Phi) is 4.05. The summed E-state index contributed by atoms with van der Waals surface area (Å²) in [5, 5.41) is 5.77. The van der Waals surface area contributed by atoms with E-state index in [-0.39, 0.29) is 5.91 Å². The van der Waals surface area contributed by atoms with E-state index in [2.05, 4.69) is 10.5 Å². The van der Waals surface area contributed by atoms with E-state index in [1.54, 1.807) is 12.3 Å². The van der Waals surface area contributed by atoms with Gasteiger partial charge < -0.3 is 0 Å². The summed E-state index contributed by atoms with van der Waals surface area (Å²) in [6.07, 6.45) is 2.41. The molecule has 1 aromatic heterocycles. The Morgan fingerprint density at radius 2 is 2.06 bits per heavy atom. The van der Waals surface area contributed by atoms with Gasteiger partial charge in [-0.15, -0.1) is 11.3 Å². The van der Waals surface area contributed by atoms with Crippen LogP contribution in [0, 0.1) is 0 Å². The highest BCUT2D eigenvalue weighted by Gasteiger charge is 2.03. The van der Waals surface area contributed by atoms with Crippen LogP contribution in [0.4, 0.5) is 0 Å². The molecule has 0 saturated carbocycles. The fraction of sp³-hybridized carbons (Fsp3) is 0.0769. The summed E-state index contributed by atoms with van der Waals surface area (Å²) in [6.45, 7) is 0. The number of nitrogens with zero attached hydrogens (tertiary/aromatic N) is 1. The van der Waals surface area contributed by atoms with Gasteiger partial charge in [-0.2, -0.15) is 5.10 Å². The van der Waals surface area contributed by atoms with Crippen LogP contribution in [0.5, 0.6) is 0 Å². The summed E-state index contributed by atoms with van der Waals surface area (Å²) in [6, 6.07) is 13.6. The minimum absolute atomic E-state index is 0.163. The number of thiophene rings is 1. The second-order valence-electron chi connectivity index (χ2n) is 3.42. The number of hydrazone groups is 1. The summed E-state index contributed by atoms with van der Waals surface area (Å²) in [5.41, 5.74) is 3.66. The van der Waals surface area contributed by atoms with Gasteiger partial charge in [-0.3, -0.25) is 4.79 Å². The second kappa shape index (κ2) is 5.96.